The lowest BCUT2D eigenvalue weighted by Gasteiger charge is -2.25. The van der Waals surface area contributed by atoms with Crippen molar-refractivity contribution in [3.8, 4) is 5.88 Å². The van der Waals surface area contributed by atoms with Gasteiger partial charge in [0.05, 0.1) is 4.47 Å². The fourth-order valence-electron chi connectivity index (χ4n) is 1.13. The summed E-state index contributed by atoms with van der Waals surface area (Å²) in [6.07, 6.45) is 3.51. The van der Waals surface area contributed by atoms with Gasteiger partial charge >= 0.3 is 0 Å². The first-order valence-corrected chi connectivity index (χ1v) is 5.04. The van der Waals surface area contributed by atoms with E-state index in [0.29, 0.717) is 10.4 Å². The van der Waals surface area contributed by atoms with Crippen molar-refractivity contribution in [2.75, 3.05) is 0 Å². The van der Waals surface area contributed by atoms with Gasteiger partial charge in [-0.05, 0) is 47.3 Å². The first-order valence-electron chi connectivity index (χ1n) is 4.24. The number of pyridine rings is 1. The van der Waals surface area contributed by atoms with Crippen molar-refractivity contribution in [1.82, 2.24) is 4.98 Å². The monoisotopic (exact) mass is 245 g/mol. The molecule has 1 saturated carbocycles. The van der Waals surface area contributed by atoms with Crippen molar-refractivity contribution in [1.29, 1.82) is 0 Å². The molecule has 2 nitrogen and oxygen atoms in total. The van der Waals surface area contributed by atoms with E-state index in [2.05, 4.69) is 20.9 Å². The van der Waals surface area contributed by atoms with Crippen molar-refractivity contribution in [3.63, 3.8) is 0 Å². The fourth-order valence-corrected chi connectivity index (χ4v) is 1.44. The molecule has 13 heavy (non-hydrogen) atoms. The van der Waals surface area contributed by atoms with Gasteiger partial charge in [0.2, 0.25) is 11.8 Å². The smallest absolute Gasteiger partial charge is 0.230 e. The molecule has 0 aromatic carbocycles. The van der Waals surface area contributed by atoms with E-state index in [4.69, 9.17) is 4.74 Å². The maximum absolute atomic E-state index is 12.7. The third-order valence-corrected chi connectivity index (χ3v) is 2.71. The summed E-state index contributed by atoms with van der Waals surface area (Å²) in [5, 5.41) is 0. The van der Waals surface area contributed by atoms with Crippen LogP contribution in [0.25, 0.3) is 0 Å². The summed E-state index contributed by atoms with van der Waals surface area (Å²) >= 11 is 3.26. The lowest BCUT2D eigenvalue weighted by molar-refractivity contribution is 0.112. The summed E-state index contributed by atoms with van der Waals surface area (Å²) in [6, 6.07) is 2.91. The Morgan fingerprint density at radius 1 is 1.46 bits per heavy atom. The molecule has 1 aliphatic rings. The van der Waals surface area contributed by atoms with Crippen molar-refractivity contribution >= 4 is 15.9 Å². The third-order valence-electron chi connectivity index (χ3n) is 2.11. The lowest BCUT2D eigenvalue weighted by atomic mass is 9.96. The zero-order valence-corrected chi connectivity index (χ0v) is 8.55. The van der Waals surface area contributed by atoms with Crippen molar-refractivity contribution in [2.45, 2.75) is 25.4 Å². The molecule has 0 unspecified atom stereocenters. The Kier molecular flexibility index (Phi) is 2.49. The molecule has 0 saturated heterocycles. The minimum Gasteiger partial charge on any atom is -0.473 e. The average Bonchev–Trinajstić information content (AvgIpc) is 2.03. The van der Waals surface area contributed by atoms with Crippen molar-refractivity contribution in [3.05, 3.63) is 22.6 Å². The van der Waals surface area contributed by atoms with E-state index in [9.17, 15) is 4.39 Å². The fraction of sp³-hybridized carbons (Fsp3) is 0.444. The Morgan fingerprint density at radius 2 is 2.23 bits per heavy atom. The molecule has 0 radical (unpaired) electrons. The molecule has 1 fully saturated rings. The summed E-state index contributed by atoms with van der Waals surface area (Å²) < 4.78 is 18.9. The molecule has 0 spiro atoms. The zero-order valence-electron chi connectivity index (χ0n) is 6.96. The van der Waals surface area contributed by atoms with E-state index in [1.54, 1.807) is 6.07 Å². The molecule has 0 atom stereocenters. The number of aromatic nitrogens is 1. The normalized spacial score (nSPS) is 16.8. The van der Waals surface area contributed by atoms with Crippen LogP contribution in [0.2, 0.25) is 0 Å². The van der Waals surface area contributed by atoms with Crippen LogP contribution in [0.5, 0.6) is 5.88 Å². The molecular formula is C9H9BrFNO. The maximum atomic E-state index is 12.7. The average molecular weight is 246 g/mol. The van der Waals surface area contributed by atoms with Crippen LogP contribution in [0.3, 0.4) is 0 Å². The van der Waals surface area contributed by atoms with E-state index in [-0.39, 0.29) is 6.10 Å². The van der Waals surface area contributed by atoms with Crippen LogP contribution in [-0.4, -0.2) is 11.1 Å². The van der Waals surface area contributed by atoms with Gasteiger partial charge in [-0.3, -0.25) is 0 Å². The minimum atomic E-state index is -0.502. The van der Waals surface area contributed by atoms with Crippen LogP contribution in [-0.2, 0) is 0 Å². The molecule has 0 bridgehead atoms. The zero-order chi connectivity index (χ0) is 9.26. The highest BCUT2D eigenvalue weighted by atomic mass is 79.9. The van der Waals surface area contributed by atoms with Crippen LogP contribution in [0, 0.1) is 5.95 Å². The Labute approximate surface area is 84.3 Å². The summed E-state index contributed by atoms with van der Waals surface area (Å²) in [4.78, 5) is 3.66. The van der Waals surface area contributed by atoms with E-state index in [1.807, 2.05) is 0 Å². The predicted octanol–water partition coefficient (Wildman–Crippen LogP) is 2.91. The van der Waals surface area contributed by atoms with Crippen LogP contribution in [0.15, 0.2) is 16.6 Å². The van der Waals surface area contributed by atoms with Gasteiger partial charge in [0.1, 0.15) is 6.10 Å². The second kappa shape index (κ2) is 3.62. The Balaban J connectivity index is 2.13. The predicted molar refractivity (Wildman–Crippen MR) is 50.2 cm³/mol. The number of ether oxygens (including phenoxy) is 1. The van der Waals surface area contributed by atoms with Gasteiger partial charge in [-0.1, -0.05) is 0 Å². The summed E-state index contributed by atoms with van der Waals surface area (Å²) in [5.74, 6) is -0.137. The first kappa shape index (κ1) is 8.94. The van der Waals surface area contributed by atoms with Gasteiger partial charge in [0, 0.05) is 0 Å². The van der Waals surface area contributed by atoms with Crippen molar-refractivity contribution in [2.24, 2.45) is 0 Å². The second-order valence-corrected chi connectivity index (χ2v) is 3.95. The second-order valence-electron chi connectivity index (χ2n) is 3.09. The Bertz CT molecular complexity index is 314. The van der Waals surface area contributed by atoms with E-state index in [0.717, 1.165) is 12.8 Å². The largest absolute Gasteiger partial charge is 0.473 e. The van der Waals surface area contributed by atoms with Crippen LogP contribution >= 0.6 is 15.9 Å². The molecule has 70 valence electrons. The highest BCUT2D eigenvalue weighted by Crippen LogP contribution is 2.28. The topological polar surface area (TPSA) is 22.1 Å². The minimum absolute atomic E-state index is 0.227. The van der Waals surface area contributed by atoms with Gasteiger partial charge in [0.15, 0.2) is 0 Å². The highest BCUT2D eigenvalue weighted by molar-refractivity contribution is 9.10. The van der Waals surface area contributed by atoms with Gasteiger partial charge < -0.3 is 4.74 Å². The summed E-state index contributed by atoms with van der Waals surface area (Å²) in [7, 11) is 0. The summed E-state index contributed by atoms with van der Waals surface area (Å²) in [6.45, 7) is 0. The van der Waals surface area contributed by atoms with Crippen LogP contribution in [0.1, 0.15) is 19.3 Å². The highest BCUT2D eigenvalue weighted by Gasteiger charge is 2.20. The molecule has 1 heterocycles. The number of nitrogens with zero attached hydrogens (tertiary/aromatic N) is 1. The van der Waals surface area contributed by atoms with E-state index in [1.165, 1.54) is 12.5 Å². The number of hydrogen-bond acceptors (Lipinski definition) is 2. The van der Waals surface area contributed by atoms with E-state index < -0.39 is 5.95 Å². The Hall–Kier alpha value is -0.640. The quantitative estimate of drug-likeness (QED) is 0.748. The first-order chi connectivity index (χ1) is 6.25. The summed E-state index contributed by atoms with van der Waals surface area (Å²) in [5.41, 5.74) is 0. The maximum Gasteiger partial charge on any atom is 0.230 e. The molecule has 1 aromatic rings. The number of hydrogen-bond donors (Lipinski definition) is 0. The number of halogens is 2. The molecular weight excluding hydrogens is 237 g/mol. The van der Waals surface area contributed by atoms with Gasteiger partial charge in [-0.2, -0.15) is 9.37 Å². The third kappa shape index (κ3) is 1.99. The molecule has 4 heteroatoms. The molecule has 0 N–H and O–H groups in total. The molecule has 0 aliphatic heterocycles. The van der Waals surface area contributed by atoms with Crippen molar-refractivity contribution < 1.29 is 9.13 Å². The lowest BCUT2D eigenvalue weighted by Crippen LogP contribution is -2.25. The van der Waals surface area contributed by atoms with Gasteiger partial charge in [-0.15, -0.1) is 0 Å². The standard InChI is InChI=1S/C9H9BrFNO/c10-7-4-5-8(11)12-9(7)13-6-2-1-3-6/h4-6H,1-3H2. The number of rotatable bonds is 2. The van der Waals surface area contributed by atoms with E-state index >= 15 is 0 Å². The molecule has 2 rings (SSSR count). The molecule has 0 amide bonds. The SMILES string of the molecule is Fc1ccc(Br)c(OC2CCC2)n1. The molecule has 1 aliphatic carbocycles. The van der Waals surface area contributed by atoms with Crippen LogP contribution < -0.4 is 4.74 Å². The van der Waals surface area contributed by atoms with Crippen LogP contribution in [0.4, 0.5) is 4.39 Å². The van der Waals surface area contributed by atoms with Gasteiger partial charge in [0.25, 0.3) is 0 Å². The van der Waals surface area contributed by atoms with Gasteiger partial charge in [-0.25, -0.2) is 0 Å². The molecule has 1 aromatic heterocycles. The Morgan fingerprint density at radius 3 is 2.85 bits per heavy atom.